The van der Waals surface area contributed by atoms with Gasteiger partial charge in [0.2, 0.25) is 5.76 Å². The average Bonchev–Trinajstić information content (AvgIpc) is 2.90. The van der Waals surface area contributed by atoms with Gasteiger partial charge in [0, 0.05) is 25.7 Å². The molecule has 6 nitrogen and oxygen atoms in total. The standard InChI is InChI=1S/C18H23N3O3/c1-12-17(23-13(2)19-12)18(22)20-14-4-6-15(7-5-14)24-16-8-10-21(3)11-9-16/h4-7,16H,8-11H2,1-3H3,(H,20,22). The number of nitrogens with one attached hydrogen (secondary N) is 1. The summed E-state index contributed by atoms with van der Waals surface area (Å²) < 4.78 is 11.3. The molecule has 1 fully saturated rings. The fourth-order valence-electron chi connectivity index (χ4n) is 2.84. The third-order valence-corrected chi connectivity index (χ3v) is 4.19. The lowest BCUT2D eigenvalue weighted by atomic mass is 10.1. The molecule has 0 bridgehead atoms. The molecule has 0 saturated carbocycles. The Morgan fingerprint density at radius 2 is 1.92 bits per heavy atom. The van der Waals surface area contributed by atoms with Gasteiger partial charge in [0.15, 0.2) is 5.89 Å². The summed E-state index contributed by atoms with van der Waals surface area (Å²) in [6, 6.07) is 7.43. The number of ether oxygens (including phenoxy) is 1. The summed E-state index contributed by atoms with van der Waals surface area (Å²) in [5.74, 6) is 1.27. The van der Waals surface area contributed by atoms with Crippen molar-refractivity contribution in [3.05, 3.63) is 41.6 Å². The monoisotopic (exact) mass is 329 g/mol. The third-order valence-electron chi connectivity index (χ3n) is 4.19. The molecule has 0 spiro atoms. The first-order valence-corrected chi connectivity index (χ1v) is 8.22. The number of aromatic nitrogens is 1. The lowest BCUT2D eigenvalue weighted by molar-refractivity contribution is 0.0994. The smallest absolute Gasteiger partial charge is 0.293 e. The van der Waals surface area contributed by atoms with Crippen molar-refractivity contribution in [2.75, 3.05) is 25.5 Å². The van der Waals surface area contributed by atoms with Gasteiger partial charge in [0.1, 0.15) is 11.9 Å². The zero-order valence-electron chi connectivity index (χ0n) is 14.3. The van der Waals surface area contributed by atoms with Gasteiger partial charge < -0.3 is 19.4 Å². The number of carbonyl (C=O) groups excluding carboxylic acids is 1. The molecule has 1 N–H and O–H groups in total. The van der Waals surface area contributed by atoms with Crippen LogP contribution in [0.1, 0.15) is 35.0 Å². The molecule has 1 amide bonds. The highest BCUT2D eigenvalue weighted by Crippen LogP contribution is 2.21. The second kappa shape index (κ2) is 7.05. The van der Waals surface area contributed by atoms with Gasteiger partial charge in [0.05, 0.1) is 5.69 Å². The summed E-state index contributed by atoms with van der Waals surface area (Å²) in [5, 5.41) is 2.81. The summed E-state index contributed by atoms with van der Waals surface area (Å²) in [6.45, 7) is 5.60. The zero-order valence-corrected chi connectivity index (χ0v) is 14.3. The predicted octanol–water partition coefficient (Wildman–Crippen LogP) is 3.02. The van der Waals surface area contributed by atoms with E-state index in [1.54, 1.807) is 13.8 Å². The number of carbonyl (C=O) groups is 1. The van der Waals surface area contributed by atoms with Gasteiger partial charge in [-0.05, 0) is 51.1 Å². The van der Waals surface area contributed by atoms with Crippen molar-refractivity contribution >= 4 is 11.6 Å². The number of aryl methyl sites for hydroxylation is 2. The van der Waals surface area contributed by atoms with Gasteiger partial charge in [-0.1, -0.05) is 0 Å². The molecule has 0 atom stereocenters. The van der Waals surface area contributed by atoms with Crippen LogP contribution in [0.2, 0.25) is 0 Å². The second-order valence-electron chi connectivity index (χ2n) is 6.25. The maximum absolute atomic E-state index is 12.2. The van der Waals surface area contributed by atoms with Crippen LogP contribution in [-0.4, -0.2) is 42.0 Å². The lowest BCUT2D eigenvalue weighted by Crippen LogP contribution is -2.35. The van der Waals surface area contributed by atoms with Crippen molar-refractivity contribution in [3.63, 3.8) is 0 Å². The number of hydrogen-bond donors (Lipinski definition) is 1. The highest BCUT2D eigenvalue weighted by atomic mass is 16.5. The van der Waals surface area contributed by atoms with Crippen LogP contribution in [0.4, 0.5) is 5.69 Å². The van der Waals surface area contributed by atoms with E-state index in [9.17, 15) is 4.79 Å². The highest BCUT2D eigenvalue weighted by molar-refractivity contribution is 6.02. The molecule has 1 aliphatic rings. The van der Waals surface area contributed by atoms with Crippen LogP contribution in [0.15, 0.2) is 28.7 Å². The lowest BCUT2D eigenvalue weighted by Gasteiger charge is -2.29. The van der Waals surface area contributed by atoms with Gasteiger partial charge in [-0.3, -0.25) is 4.79 Å². The molecule has 1 aromatic carbocycles. The predicted molar refractivity (Wildman–Crippen MR) is 91.5 cm³/mol. The summed E-state index contributed by atoms with van der Waals surface area (Å²) >= 11 is 0. The summed E-state index contributed by atoms with van der Waals surface area (Å²) in [5.41, 5.74) is 1.29. The van der Waals surface area contributed by atoms with Gasteiger partial charge in [-0.25, -0.2) is 4.98 Å². The van der Waals surface area contributed by atoms with Crippen LogP contribution >= 0.6 is 0 Å². The number of likely N-dealkylation sites (tertiary alicyclic amines) is 1. The molecule has 0 aliphatic carbocycles. The van der Waals surface area contributed by atoms with Crippen molar-refractivity contribution in [1.29, 1.82) is 0 Å². The van der Waals surface area contributed by atoms with E-state index in [0.29, 0.717) is 17.3 Å². The Bertz CT molecular complexity index is 701. The Kier molecular flexibility index (Phi) is 4.85. The molecule has 1 aromatic heterocycles. The molecule has 1 aliphatic heterocycles. The Morgan fingerprint density at radius 3 is 2.50 bits per heavy atom. The first kappa shape index (κ1) is 16.5. The molecule has 0 radical (unpaired) electrons. The van der Waals surface area contributed by atoms with Crippen LogP contribution in [0, 0.1) is 13.8 Å². The number of rotatable bonds is 4. The van der Waals surface area contributed by atoms with Crippen LogP contribution in [0.5, 0.6) is 5.75 Å². The van der Waals surface area contributed by atoms with Crippen molar-refractivity contribution in [1.82, 2.24) is 9.88 Å². The second-order valence-corrected chi connectivity index (χ2v) is 6.25. The van der Waals surface area contributed by atoms with Crippen molar-refractivity contribution in [2.45, 2.75) is 32.8 Å². The molecule has 2 heterocycles. The summed E-state index contributed by atoms with van der Waals surface area (Å²) in [7, 11) is 2.13. The van der Waals surface area contributed by atoms with Crippen LogP contribution in [0.25, 0.3) is 0 Å². The quantitative estimate of drug-likeness (QED) is 0.934. The number of oxazole rings is 1. The number of amides is 1. The maximum atomic E-state index is 12.2. The number of anilines is 1. The molecule has 6 heteroatoms. The Morgan fingerprint density at radius 1 is 1.25 bits per heavy atom. The molecular weight excluding hydrogens is 306 g/mol. The highest BCUT2D eigenvalue weighted by Gasteiger charge is 2.18. The number of nitrogens with zero attached hydrogens (tertiary/aromatic N) is 2. The average molecular weight is 329 g/mol. The van der Waals surface area contributed by atoms with Crippen molar-refractivity contribution in [3.8, 4) is 5.75 Å². The summed E-state index contributed by atoms with van der Waals surface area (Å²) in [4.78, 5) is 18.6. The fourth-order valence-corrected chi connectivity index (χ4v) is 2.84. The minimum atomic E-state index is -0.294. The van der Waals surface area contributed by atoms with Crippen LogP contribution < -0.4 is 10.1 Å². The number of piperidine rings is 1. The third kappa shape index (κ3) is 3.94. The normalized spacial score (nSPS) is 16.1. The van der Waals surface area contributed by atoms with E-state index >= 15 is 0 Å². The SMILES string of the molecule is Cc1nc(C)c(C(=O)Nc2ccc(OC3CCN(C)CC3)cc2)o1. The number of hydrogen-bond acceptors (Lipinski definition) is 5. The molecule has 128 valence electrons. The van der Waals surface area contributed by atoms with E-state index in [4.69, 9.17) is 9.15 Å². The topological polar surface area (TPSA) is 67.6 Å². The Labute approximate surface area is 141 Å². The zero-order chi connectivity index (χ0) is 17.1. The van der Waals surface area contributed by atoms with Crippen LogP contribution in [0.3, 0.4) is 0 Å². The first-order valence-electron chi connectivity index (χ1n) is 8.22. The number of benzene rings is 1. The molecule has 2 aromatic rings. The van der Waals surface area contributed by atoms with Gasteiger partial charge >= 0.3 is 0 Å². The minimum absolute atomic E-state index is 0.249. The van der Waals surface area contributed by atoms with Crippen molar-refractivity contribution in [2.24, 2.45) is 0 Å². The van der Waals surface area contributed by atoms with Crippen LogP contribution in [-0.2, 0) is 0 Å². The maximum Gasteiger partial charge on any atom is 0.293 e. The molecule has 0 unspecified atom stereocenters. The van der Waals surface area contributed by atoms with E-state index in [0.717, 1.165) is 31.7 Å². The van der Waals surface area contributed by atoms with E-state index in [1.165, 1.54) is 0 Å². The fraction of sp³-hybridized carbons (Fsp3) is 0.444. The summed E-state index contributed by atoms with van der Waals surface area (Å²) in [6.07, 6.45) is 2.35. The molecular formula is C18H23N3O3. The Hall–Kier alpha value is -2.34. The largest absolute Gasteiger partial charge is 0.490 e. The molecule has 1 saturated heterocycles. The Balaban J connectivity index is 1.58. The molecule has 24 heavy (non-hydrogen) atoms. The van der Waals surface area contributed by atoms with Gasteiger partial charge in [0.25, 0.3) is 5.91 Å². The van der Waals surface area contributed by atoms with Gasteiger partial charge in [-0.15, -0.1) is 0 Å². The van der Waals surface area contributed by atoms with E-state index in [-0.39, 0.29) is 17.8 Å². The van der Waals surface area contributed by atoms with E-state index in [2.05, 4.69) is 22.2 Å². The van der Waals surface area contributed by atoms with E-state index < -0.39 is 0 Å². The van der Waals surface area contributed by atoms with Crippen molar-refractivity contribution < 1.29 is 13.9 Å². The minimum Gasteiger partial charge on any atom is -0.490 e. The van der Waals surface area contributed by atoms with E-state index in [1.807, 2.05) is 24.3 Å². The first-order chi connectivity index (χ1) is 11.5. The molecule has 3 rings (SSSR count). The van der Waals surface area contributed by atoms with Gasteiger partial charge in [-0.2, -0.15) is 0 Å².